The Morgan fingerprint density at radius 3 is 2.51 bits per heavy atom. The van der Waals surface area contributed by atoms with Crippen molar-refractivity contribution in [2.45, 2.75) is 19.4 Å². The number of para-hydroxylation sites is 1. The Kier molecular flexibility index (Phi) is 6.13. The van der Waals surface area contributed by atoms with E-state index >= 15 is 0 Å². The number of aliphatic hydroxyl groups excluding tert-OH is 1. The Morgan fingerprint density at radius 1 is 1.03 bits per heavy atom. The summed E-state index contributed by atoms with van der Waals surface area (Å²) in [4.78, 5) is 31.2. The van der Waals surface area contributed by atoms with Crippen molar-refractivity contribution in [3.8, 4) is 0 Å². The second-order valence-corrected chi connectivity index (χ2v) is 9.48. The van der Waals surface area contributed by atoms with E-state index in [0.29, 0.717) is 27.6 Å². The lowest BCUT2D eigenvalue weighted by Crippen LogP contribution is -2.31. The molecule has 2 heterocycles. The van der Waals surface area contributed by atoms with Crippen LogP contribution in [0.3, 0.4) is 0 Å². The number of halogens is 2. The number of benzene rings is 3. The molecule has 35 heavy (non-hydrogen) atoms. The van der Waals surface area contributed by atoms with Gasteiger partial charge in [0.15, 0.2) is 0 Å². The van der Waals surface area contributed by atoms with E-state index in [0.717, 1.165) is 22.0 Å². The van der Waals surface area contributed by atoms with Gasteiger partial charge in [0, 0.05) is 39.3 Å². The number of aromatic amines is 1. The second-order valence-electron chi connectivity index (χ2n) is 8.63. The number of aliphatic hydroxyl groups is 1. The van der Waals surface area contributed by atoms with Gasteiger partial charge in [-0.15, -0.1) is 0 Å². The number of H-pyrrole nitrogens is 1. The van der Waals surface area contributed by atoms with Crippen molar-refractivity contribution in [1.82, 2.24) is 9.88 Å². The molecule has 0 spiro atoms. The standard InChI is InChI=1S/C28H22Cl2N2O3/c1-16-6-8-17(9-7-16)26(33)24-25(21-11-10-19(29)14-22(21)30)32(28(35)27(24)34)13-12-18-15-31-23-5-3-2-4-20(18)23/h2-11,14-15,25,31,33H,12-13H2,1H3/t25-/m0/s1. The van der Waals surface area contributed by atoms with Crippen LogP contribution in [0.25, 0.3) is 16.7 Å². The number of rotatable bonds is 5. The van der Waals surface area contributed by atoms with Crippen LogP contribution < -0.4 is 0 Å². The topological polar surface area (TPSA) is 73.4 Å². The van der Waals surface area contributed by atoms with Gasteiger partial charge in [0.25, 0.3) is 11.7 Å². The van der Waals surface area contributed by atoms with Gasteiger partial charge in [0.2, 0.25) is 0 Å². The van der Waals surface area contributed by atoms with Crippen molar-refractivity contribution in [2.24, 2.45) is 0 Å². The fraction of sp³-hybridized carbons (Fsp3) is 0.143. The Morgan fingerprint density at radius 2 is 1.77 bits per heavy atom. The quantitative estimate of drug-likeness (QED) is 0.186. The Balaban J connectivity index is 1.59. The zero-order chi connectivity index (χ0) is 24.7. The summed E-state index contributed by atoms with van der Waals surface area (Å²) in [7, 11) is 0. The lowest BCUT2D eigenvalue weighted by molar-refractivity contribution is -0.139. The van der Waals surface area contributed by atoms with Crippen LogP contribution in [-0.4, -0.2) is 33.2 Å². The molecule has 0 radical (unpaired) electrons. The van der Waals surface area contributed by atoms with Crippen LogP contribution in [0.15, 0.2) is 78.5 Å². The maximum atomic E-state index is 13.2. The van der Waals surface area contributed by atoms with Crippen LogP contribution in [0.1, 0.15) is 28.3 Å². The lowest BCUT2D eigenvalue weighted by Gasteiger charge is -2.26. The van der Waals surface area contributed by atoms with Crippen molar-refractivity contribution in [3.05, 3.63) is 111 Å². The number of hydrogen-bond acceptors (Lipinski definition) is 3. The highest BCUT2D eigenvalue weighted by atomic mass is 35.5. The second kappa shape index (κ2) is 9.25. The first kappa shape index (κ1) is 23.2. The Bertz CT molecular complexity index is 1490. The number of likely N-dealkylation sites (tertiary alicyclic amines) is 1. The molecule has 1 amide bonds. The SMILES string of the molecule is Cc1ccc(C(O)=C2C(=O)C(=O)N(CCc3c[nH]c4ccccc34)[C@H]2c2ccc(Cl)cc2Cl)cc1. The van der Waals surface area contributed by atoms with Gasteiger partial charge in [-0.1, -0.05) is 77.3 Å². The lowest BCUT2D eigenvalue weighted by atomic mass is 9.95. The molecule has 1 fully saturated rings. The summed E-state index contributed by atoms with van der Waals surface area (Å²) in [5.74, 6) is -1.64. The molecule has 5 nitrogen and oxygen atoms in total. The van der Waals surface area contributed by atoms with Gasteiger partial charge < -0.3 is 15.0 Å². The number of carbonyl (C=O) groups excluding carboxylic acids is 2. The molecule has 5 rings (SSSR count). The smallest absolute Gasteiger partial charge is 0.295 e. The molecule has 3 aromatic carbocycles. The van der Waals surface area contributed by atoms with E-state index in [4.69, 9.17) is 23.2 Å². The summed E-state index contributed by atoms with van der Waals surface area (Å²) in [5, 5.41) is 13.0. The number of carbonyl (C=O) groups is 2. The minimum atomic E-state index is -0.841. The number of hydrogen-bond donors (Lipinski definition) is 2. The molecular weight excluding hydrogens is 483 g/mol. The molecule has 1 saturated heterocycles. The highest BCUT2D eigenvalue weighted by Gasteiger charge is 2.46. The molecule has 1 aliphatic rings. The van der Waals surface area contributed by atoms with E-state index in [1.807, 2.05) is 49.5 Å². The summed E-state index contributed by atoms with van der Waals surface area (Å²) in [5.41, 5.74) is 4.05. The Hall–Kier alpha value is -3.54. The van der Waals surface area contributed by atoms with Crippen LogP contribution in [-0.2, 0) is 16.0 Å². The molecule has 7 heteroatoms. The maximum absolute atomic E-state index is 13.2. The number of amides is 1. The normalized spacial score (nSPS) is 17.5. The van der Waals surface area contributed by atoms with E-state index in [-0.39, 0.29) is 17.9 Å². The molecule has 0 aliphatic carbocycles. The van der Waals surface area contributed by atoms with Crippen LogP contribution >= 0.6 is 23.2 Å². The number of fused-ring (bicyclic) bond motifs is 1. The van der Waals surface area contributed by atoms with Gasteiger partial charge in [-0.2, -0.15) is 0 Å². The number of aromatic nitrogens is 1. The summed E-state index contributed by atoms with van der Waals surface area (Å²) in [6.45, 7) is 2.20. The number of nitrogens with one attached hydrogen (secondary N) is 1. The minimum absolute atomic E-state index is 0.0157. The monoisotopic (exact) mass is 504 g/mol. The van der Waals surface area contributed by atoms with Crippen molar-refractivity contribution < 1.29 is 14.7 Å². The van der Waals surface area contributed by atoms with Gasteiger partial charge in [-0.25, -0.2) is 0 Å². The maximum Gasteiger partial charge on any atom is 0.295 e. The largest absolute Gasteiger partial charge is 0.507 e. The highest BCUT2D eigenvalue weighted by Crippen LogP contribution is 2.42. The number of ketones is 1. The molecule has 176 valence electrons. The minimum Gasteiger partial charge on any atom is -0.507 e. The predicted molar refractivity (Wildman–Crippen MR) is 139 cm³/mol. The summed E-state index contributed by atoms with van der Waals surface area (Å²) in [6, 6.07) is 19.1. The third-order valence-corrected chi connectivity index (χ3v) is 6.98. The summed E-state index contributed by atoms with van der Waals surface area (Å²) >= 11 is 12.7. The molecule has 1 atom stereocenters. The Labute approximate surface area is 212 Å². The fourth-order valence-electron chi connectivity index (χ4n) is 4.60. The highest BCUT2D eigenvalue weighted by molar-refractivity contribution is 6.47. The van der Waals surface area contributed by atoms with Crippen molar-refractivity contribution in [2.75, 3.05) is 6.54 Å². The van der Waals surface area contributed by atoms with Crippen molar-refractivity contribution >= 4 is 51.6 Å². The molecule has 1 aliphatic heterocycles. The molecule has 0 saturated carbocycles. The zero-order valence-electron chi connectivity index (χ0n) is 18.9. The van der Waals surface area contributed by atoms with Gasteiger partial charge in [0.1, 0.15) is 5.76 Å². The van der Waals surface area contributed by atoms with E-state index in [2.05, 4.69) is 4.98 Å². The third-order valence-electron chi connectivity index (χ3n) is 6.42. The van der Waals surface area contributed by atoms with E-state index in [1.165, 1.54) is 4.90 Å². The molecule has 1 aromatic heterocycles. The molecule has 2 N–H and O–H groups in total. The zero-order valence-corrected chi connectivity index (χ0v) is 20.4. The molecule has 4 aromatic rings. The van der Waals surface area contributed by atoms with Crippen molar-refractivity contribution in [1.29, 1.82) is 0 Å². The van der Waals surface area contributed by atoms with E-state index in [1.54, 1.807) is 30.3 Å². The summed E-state index contributed by atoms with van der Waals surface area (Å²) in [6.07, 6.45) is 2.43. The first-order valence-electron chi connectivity index (χ1n) is 11.2. The first-order valence-corrected chi connectivity index (χ1v) is 12.0. The predicted octanol–water partition coefficient (Wildman–Crippen LogP) is 6.45. The molecule has 0 unspecified atom stereocenters. The number of nitrogens with zero attached hydrogens (tertiary/aromatic N) is 1. The fourth-order valence-corrected chi connectivity index (χ4v) is 5.12. The number of Topliss-reactive ketones (excluding diaryl/α,β-unsaturated/α-hetero) is 1. The molecular formula is C28H22Cl2N2O3. The van der Waals surface area contributed by atoms with Crippen LogP contribution in [0.4, 0.5) is 0 Å². The number of aryl methyl sites for hydroxylation is 1. The average Bonchev–Trinajstić information content (AvgIpc) is 3.36. The van der Waals surface area contributed by atoms with Gasteiger partial charge in [-0.05, 0) is 42.7 Å². The van der Waals surface area contributed by atoms with Crippen molar-refractivity contribution in [3.63, 3.8) is 0 Å². The first-order chi connectivity index (χ1) is 16.8. The van der Waals surface area contributed by atoms with Gasteiger partial charge >= 0.3 is 0 Å². The van der Waals surface area contributed by atoms with Crippen LogP contribution in [0.2, 0.25) is 10.0 Å². The van der Waals surface area contributed by atoms with Crippen LogP contribution in [0, 0.1) is 6.92 Å². The summed E-state index contributed by atoms with van der Waals surface area (Å²) < 4.78 is 0. The third kappa shape index (κ3) is 4.22. The van der Waals surface area contributed by atoms with Crippen LogP contribution in [0.5, 0.6) is 0 Å². The van der Waals surface area contributed by atoms with Gasteiger partial charge in [-0.3, -0.25) is 9.59 Å². The molecule has 0 bridgehead atoms. The van der Waals surface area contributed by atoms with Gasteiger partial charge in [0.05, 0.1) is 11.6 Å². The van der Waals surface area contributed by atoms with E-state index in [9.17, 15) is 14.7 Å². The van der Waals surface area contributed by atoms with E-state index < -0.39 is 17.7 Å². The average molecular weight is 505 g/mol.